The van der Waals surface area contributed by atoms with Crippen LogP contribution in [0.3, 0.4) is 0 Å². The highest BCUT2D eigenvalue weighted by Crippen LogP contribution is 2.27. The van der Waals surface area contributed by atoms with Crippen LogP contribution in [0.25, 0.3) is 0 Å². The van der Waals surface area contributed by atoms with Gasteiger partial charge in [0, 0.05) is 6.54 Å². The summed E-state index contributed by atoms with van der Waals surface area (Å²) in [6.45, 7) is 1.62. The Balaban J connectivity index is 0.00000169. The van der Waals surface area contributed by atoms with E-state index in [9.17, 15) is 0 Å². The van der Waals surface area contributed by atoms with Crippen LogP contribution in [0.4, 0.5) is 0 Å². The maximum Gasteiger partial charge on any atom is 0.185 e. The van der Waals surface area contributed by atoms with Crippen LogP contribution in [0.15, 0.2) is 4.99 Å². The van der Waals surface area contributed by atoms with E-state index in [1.165, 1.54) is 25.7 Å². The van der Waals surface area contributed by atoms with Crippen LogP contribution >= 0.6 is 12.4 Å². The minimum Gasteiger partial charge on any atom is -0.370 e. The summed E-state index contributed by atoms with van der Waals surface area (Å²) in [5, 5.41) is 0. The maximum atomic E-state index is 5.60. The van der Waals surface area contributed by atoms with Crippen LogP contribution in [0, 0.1) is 11.8 Å². The summed E-state index contributed by atoms with van der Waals surface area (Å²) in [7, 11) is 0. The van der Waals surface area contributed by atoms with Crippen LogP contribution in [-0.4, -0.2) is 19.0 Å². The van der Waals surface area contributed by atoms with Crippen LogP contribution in [0.5, 0.6) is 0 Å². The van der Waals surface area contributed by atoms with Crippen LogP contribution in [-0.2, 0) is 0 Å². The van der Waals surface area contributed by atoms with Crippen molar-refractivity contribution in [1.29, 1.82) is 0 Å². The Morgan fingerprint density at radius 3 is 2.00 bits per heavy atom. The largest absolute Gasteiger partial charge is 0.370 e. The first kappa shape index (κ1) is 13.5. The molecule has 14 heavy (non-hydrogen) atoms. The van der Waals surface area contributed by atoms with Gasteiger partial charge in [-0.2, -0.15) is 0 Å². The molecule has 0 heterocycles. The first-order valence-electron chi connectivity index (χ1n) is 4.97. The maximum absolute atomic E-state index is 5.60. The lowest BCUT2D eigenvalue weighted by Crippen LogP contribution is -2.26. The van der Waals surface area contributed by atoms with Gasteiger partial charge in [-0.1, -0.05) is 0 Å². The molecule has 4 nitrogen and oxygen atoms in total. The van der Waals surface area contributed by atoms with Gasteiger partial charge in [-0.05, 0) is 44.1 Å². The third-order valence-corrected chi connectivity index (χ3v) is 2.83. The van der Waals surface area contributed by atoms with Crippen LogP contribution < -0.4 is 17.2 Å². The summed E-state index contributed by atoms with van der Waals surface area (Å²) in [6.07, 6.45) is 4.92. The highest BCUT2D eigenvalue weighted by Gasteiger charge is 2.19. The summed E-state index contributed by atoms with van der Waals surface area (Å²) < 4.78 is 0. The Hall–Kier alpha value is -0.480. The van der Waals surface area contributed by atoms with E-state index in [1.807, 2.05) is 0 Å². The SMILES string of the molecule is Cl.NCC1CCC(CN=C(N)N)CC1. The van der Waals surface area contributed by atoms with Crippen LogP contribution in [0.1, 0.15) is 25.7 Å². The van der Waals surface area contributed by atoms with E-state index >= 15 is 0 Å². The van der Waals surface area contributed by atoms with Crippen molar-refractivity contribution in [3.8, 4) is 0 Å². The van der Waals surface area contributed by atoms with Crippen molar-refractivity contribution >= 4 is 18.4 Å². The highest BCUT2D eigenvalue weighted by atomic mass is 35.5. The number of nitrogens with zero attached hydrogens (tertiary/aromatic N) is 1. The zero-order valence-corrected chi connectivity index (χ0v) is 9.30. The fourth-order valence-electron chi connectivity index (χ4n) is 1.88. The Morgan fingerprint density at radius 1 is 1.07 bits per heavy atom. The average Bonchev–Trinajstić information content (AvgIpc) is 2.15. The molecular formula is C9H21ClN4. The lowest BCUT2D eigenvalue weighted by atomic mass is 9.82. The van der Waals surface area contributed by atoms with Crippen molar-refractivity contribution in [3.63, 3.8) is 0 Å². The van der Waals surface area contributed by atoms with Gasteiger partial charge < -0.3 is 17.2 Å². The number of hydrogen-bond donors (Lipinski definition) is 3. The Kier molecular flexibility index (Phi) is 6.66. The highest BCUT2D eigenvalue weighted by molar-refractivity contribution is 5.85. The van der Waals surface area contributed by atoms with Crippen molar-refractivity contribution < 1.29 is 0 Å². The number of rotatable bonds is 3. The fraction of sp³-hybridized carbons (Fsp3) is 0.889. The zero-order valence-electron chi connectivity index (χ0n) is 8.48. The van der Waals surface area contributed by atoms with Gasteiger partial charge in [0.25, 0.3) is 0 Å². The normalized spacial score (nSPS) is 26.4. The lowest BCUT2D eigenvalue weighted by molar-refractivity contribution is 0.285. The molecule has 0 spiro atoms. The second-order valence-corrected chi connectivity index (χ2v) is 3.89. The number of halogens is 1. The Labute approximate surface area is 91.7 Å². The fourth-order valence-corrected chi connectivity index (χ4v) is 1.88. The van der Waals surface area contributed by atoms with Gasteiger partial charge in [0.1, 0.15) is 0 Å². The molecule has 1 rings (SSSR count). The second kappa shape index (κ2) is 6.90. The van der Waals surface area contributed by atoms with Gasteiger partial charge in [0.15, 0.2) is 5.96 Å². The summed E-state index contributed by atoms with van der Waals surface area (Å²) in [6, 6.07) is 0. The summed E-state index contributed by atoms with van der Waals surface area (Å²) in [4.78, 5) is 4.04. The minimum absolute atomic E-state index is 0. The molecule has 0 bridgehead atoms. The van der Waals surface area contributed by atoms with Crippen molar-refractivity contribution in [2.45, 2.75) is 25.7 Å². The van der Waals surface area contributed by atoms with E-state index in [0.717, 1.165) is 19.0 Å². The number of hydrogen-bond acceptors (Lipinski definition) is 2. The third-order valence-electron chi connectivity index (χ3n) is 2.83. The first-order chi connectivity index (χ1) is 6.22. The van der Waals surface area contributed by atoms with Crippen LogP contribution in [0.2, 0.25) is 0 Å². The molecule has 0 aromatic heterocycles. The molecular weight excluding hydrogens is 200 g/mol. The first-order valence-corrected chi connectivity index (χ1v) is 4.97. The lowest BCUT2D eigenvalue weighted by Gasteiger charge is -2.26. The van der Waals surface area contributed by atoms with Gasteiger partial charge >= 0.3 is 0 Å². The molecule has 0 aliphatic heterocycles. The van der Waals surface area contributed by atoms with Gasteiger partial charge in [-0.3, -0.25) is 4.99 Å². The topological polar surface area (TPSA) is 90.4 Å². The molecule has 6 N–H and O–H groups in total. The third kappa shape index (κ3) is 4.67. The molecule has 1 fully saturated rings. The molecule has 0 radical (unpaired) electrons. The molecule has 1 saturated carbocycles. The van der Waals surface area contributed by atoms with E-state index in [4.69, 9.17) is 17.2 Å². The quantitative estimate of drug-likeness (QED) is 0.477. The van der Waals surface area contributed by atoms with Gasteiger partial charge in [-0.15, -0.1) is 12.4 Å². The van der Waals surface area contributed by atoms with Crippen molar-refractivity contribution in [3.05, 3.63) is 0 Å². The van der Waals surface area contributed by atoms with E-state index in [-0.39, 0.29) is 18.4 Å². The van der Waals surface area contributed by atoms with Crippen molar-refractivity contribution in [1.82, 2.24) is 0 Å². The summed E-state index contributed by atoms with van der Waals surface area (Å²) in [5.74, 6) is 1.61. The number of aliphatic imine (C=N–C) groups is 1. The van der Waals surface area contributed by atoms with Gasteiger partial charge in [0.2, 0.25) is 0 Å². The molecule has 1 aliphatic rings. The molecule has 84 valence electrons. The Bertz CT molecular complexity index is 172. The summed E-state index contributed by atoms with van der Waals surface area (Å²) in [5.41, 5.74) is 16.1. The molecule has 0 saturated heterocycles. The average molecular weight is 221 g/mol. The minimum atomic E-state index is 0. The predicted octanol–water partition coefficient (Wildman–Crippen LogP) is 0.447. The standard InChI is InChI=1S/C9H20N4.ClH/c10-5-7-1-3-8(4-2-7)6-13-9(11)12;/h7-8H,1-6,10H2,(H4,11,12,13);1H. The van der Waals surface area contributed by atoms with E-state index < -0.39 is 0 Å². The monoisotopic (exact) mass is 220 g/mol. The number of nitrogens with two attached hydrogens (primary N) is 3. The van der Waals surface area contributed by atoms with Crippen molar-refractivity contribution in [2.24, 2.45) is 34.0 Å². The van der Waals surface area contributed by atoms with E-state index in [1.54, 1.807) is 0 Å². The molecule has 1 aliphatic carbocycles. The Morgan fingerprint density at radius 2 is 1.57 bits per heavy atom. The van der Waals surface area contributed by atoms with E-state index in [2.05, 4.69) is 4.99 Å². The van der Waals surface area contributed by atoms with Gasteiger partial charge in [0.05, 0.1) is 0 Å². The molecule has 0 unspecified atom stereocenters. The number of guanidine groups is 1. The molecule has 0 amide bonds. The second-order valence-electron chi connectivity index (χ2n) is 3.89. The van der Waals surface area contributed by atoms with E-state index in [0.29, 0.717) is 5.92 Å². The predicted molar refractivity (Wildman–Crippen MR) is 62.4 cm³/mol. The van der Waals surface area contributed by atoms with Gasteiger partial charge in [-0.25, -0.2) is 0 Å². The van der Waals surface area contributed by atoms with Crippen molar-refractivity contribution in [2.75, 3.05) is 13.1 Å². The molecule has 0 aromatic rings. The molecule has 0 aromatic carbocycles. The summed E-state index contributed by atoms with van der Waals surface area (Å²) >= 11 is 0. The zero-order chi connectivity index (χ0) is 9.68. The molecule has 0 atom stereocenters. The smallest absolute Gasteiger partial charge is 0.185 e. The molecule has 5 heteroatoms.